The largest absolute Gasteiger partial charge is 0.495 e. The molecule has 0 saturated carbocycles. The molecule has 2 heterocycles. The van der Waals surface area contributed by atoms with E-state index in [0.29, 0.717) is 6.42 Å². The van der Waals surface area contributed by atoms with Crippen LogP contribution in [0.25, 0.3) is 0 Å². The third-order valence-electron chi connectivity index (χ3n) is 4.23. The Morgan fingerprint density at radius 3 is 2.27 bits per heavy atom. The van der Waals surface area contributed by atoms with Crippen molar-refractivity contribution in [2.24, 2.45) is 0 Å². The van der Waals surface area contributed by atoms with Crippen molar-refractivity contribution in [3.05, 3.63) is 47.5 Å². The van der Waals surface area contributed by atoms with Gasteiger partial charge in [-0.2, -0.15) is 0 Å². The SMILES string of the molecule is COc1cccc2c1NC(=O)C2.COc1cccc2c1NC(=O)C2SC. The van der Waals surface area contributed by atoms with Crippen molar-refractivity contribution in [2.75, 3.05) is 31.1 Å². The number of amides is 2. The van der Waals surface area contributed by atoms with Crippen LogP contribution in [0.3, 0.4) is 0 Å². The van der Waals surface area contributed by atoms with Crippen molar-refractivity contribution in [3.8, 4) is 11.5 Å². The first kappa shape index (κ1) is 18.1. The lowest BCUT2D eigenvalue weighted by Gasteiger charge is -2.06. The molecule has 2 N–H and O–H groups in total. The molecule has 2 aliphatic rings. The minimum absolute atomic E-state index is 0.0366. The molecule has 0 aliphatic carbocycles. The van der Waals surface area contributed by atoms with Gasteiger partial charge in [-0.3, -0.25) is 9.59 Å². The standard InChI is InChI=1S/C10H11NO2S.C9H9NO2/c1-13-7-5-3-4-6-8(7)11-10(12)9(6)14-2;1-12-7-4-2-3-6-5-8(11)10-9(6)7/h3-5,9H,1-2H3,(H,11,12);2-4H,5H2,1H3,(H,10,11). The van der Waals surface area contributed by atoms with Crippen LogP contribution >= 0.6 is 11.8 Å². The van der Waals surface area contributed by atoms with E-state index in [1.165, 1.54) is 11.8 Å². The van der Waals surface area contributed by atoms with Crippen LogP contribution in [0.4, 0.5) is 11.4 Å². The van der Waals surface area contributed by atoms with Gasteiger partial charge in [0.25, 0.3) is 0 Å². The van der Waals surface area contributed by atoms with Gasteiger partial charge in [0.1, 0.15) is 16.7 Å². The van der Waals surface area contributed by atoms with Gasteiger partial charge in [-0.15, -0.1) is 11.8 Å². The Morgan fingerprint density at radius 1 is 0.962 bits per heavy atom. The van der Waals surface area contributed by atoms with E-state index in [2.05, 4.69) is 10.6 Å². The monoisotopic (exact) mass is 372 g/mol. The fraction of sp³-hybridized carbons (Fsp3) is 0.263. The minimum Gasteiger partial charge on any atom is -0.495 e. The van der Waals surface area contributed by atoms with Crippen molar-refractivity contribution in [1.82, 2.24) is 0 Å². The molecule has 26 heavy (non-hydrogen) atoms. The first-order valence-electron chi connectivity index (χ1n) is 8.05. The maximum Gasteiger partial charge on any atom is 0.242 e. The van der Waals surface area contributed by atoms with Gasteiger partial charge in [0.2, 0.25) is 11.8 Å². The van der Waals surface area contributed by atoms with Gasteiger partial charge in [0.15, 0.2) is 0 Å². The number of hydrogen-bond donors (Lipinski definition) is 2. The molecular formula is C19H20N2O4S. The molecule has 2 amide bonds. The number of nitrogens with one attached hydrogen (secondary N) is 2. The Bertz CT molecular complexity index is 853. The predicted molar refractivity (Wildman–Crippen MR) is 103 cm³/mol. The van der Waals surface area contributed by atoms with E-state index >= 15 is 0 Å². The van der Waals surface area contributed by atoms with Crippen LogP contribution < -0.4 is 20.1 Å². The molecule has 1 atom stereocenters. The molecule has 4 rings (SSSR count). The van der Waals surface area contributed by atoms with E-state index in [4.69, 9.17) is 9.47 Å². The maximum atomic E-state index is 11.5. The van der Waals surface area contributed by atoms with Gasteiger partial charge in [0.05, 0.1) is 32.0 Å². The lowest BCUT2D eigenvalue weighted by Crippen LogP contribution is -2.08. The number of fused-ring (bicyclic) bond motifs is 2. The second kappa shape index (κ2) is 7.70. The van der Waals surface area contributed by atoms with Crippen LogP contribution in [0.15, 0.2) is 36.4 Å². The predicted octanol–water partition coefficient (Wildman–Crippen LogP) is 3.24. The summed E-state index contributed by atoms with van der Waals surface area (Å²) in [6, 6.07) is 11.4. The zero-order valence-electron chi connectivity index (χ0n) is 14.8. The van der Waals surface area contributed by atoms with Crippen LogP contribution in [-0.2, 0) is 16.0 Å². The first-order chi connectivity index (χ1) is 12.6. The number of rotatable bonds is 3. The molecule has 0 spiro atoms. The number of ether oxygens (including phenoxy) is 2. The van der Waals surface area contributed by atoms with Crippen molar-refractivity contribution in [3.63, 3.8) is 0 Å². The average molecular weight is 372 g/mol. The second-order valence-electron chi connectivity index (χ2n) is 5.75. The normalized spacial score (nSPS) is 16.7. The van der Waals surface area contributed by atoms with Gasteiger partial charge >= 0.3 is 0 Å². The number of anilines is 2. The lowest BCUT2D eigenvalue weighted by atomic mass is 10.1. The van der Waals surface area contributed by atoms with E-state index in [-0.39, 0.29) is 17.1 Å². The van der Waals surface area contributed by atoms with Crippen LogP contribution in [0.5, 0.6) is 11.5 Å². The van der Waals surface area contributed by atoms with Gasteiger partial charge in [-0.25, -0.2) is 0 Å². The van der Waals surface area contributed by atoms with Crippen LogP contribution in [-0.4, -0.2) is 32.3 Å². The van der Waals surface area contributed by atoms with E-state index < -0.39 is 0 Å². The van der Waals surface area contributed by atoms with Crippen molar-refractivity contribution in [1.29, 1.82) is 0 Å². The summed E-state index contributed by atoms with van der Waals surface area (Å²) in [6.07, 6.45) is 2.39. The number of hydrogen-bond acceptors (Lipinski definition) is 5. The highest BCUT2D eigenvalue weighted by molar-refractivity contribution is 7.99. The number of thioether (sulfide) groups is 1. The van der Waals surface area contributed by atoms with Crippen molar-refractivity contribution in [2.45, 2.75) is 11.7 Å². The zero-order chi connectivity index (χ0) is 18.7. The molecule has 136 valence electrons. The van der Waals surface area contributed by atoms with Gasteiger partial charge < -0.3 is 20.1 Å². The van der Waals surface area contributed by atoms with E-state index in [1.54, 1.807) is 14.2 Å². The lowest BCUT2D eigenvalue weighted by molar-refractivity contribution is -0.116. The van der Waals surface area contributed by atoms with Gasteiger partial charge in [0, 0.05) is 5.56 Å². The molecule has 2 aromatic rings. The third kappa shape index (κ3) is 3.35. The molecule has 0 fully saturated rings. The van der Waals surface area contributed by atoms with Gasteiger partial charge in [-0.05, 0) is 24.0 Å². The molecule has 7 heteroatoms. The summed E-state index contributed by atoms with van der Waals surface area (Å²) >= 11 is 1.53. The molecule has 0 bridgehead atoms. The van der Waals surface area contributed by atoms with Crippen LogP contribution in [0.1, 0.15) is 16.4 Å². The molecule has 0 aromatic heterocycles. The number of benzene rings is 2. The Kier molecular flexibility index (Phi) is 5.37. The molecule has 1 unspecified atom stereocenters. The zero-order valence-corrected chi connectivity index (χ0v) is 15.6. The summed E-state index contributed by atoms with van der Waals surface area (Å²) in [5.74, 6) is 1.54. The number of carbonyl (C=O) groups is 2. The van der Waals surface area contributed by atoms with Crippen molar-refractivity contribution < 1.29 is 19.1 Å². The number of carbonyl (C=O) groups excluding carboxylic acids is 2. The van der Waals surface area contributed by atoms with E-state index in [1.807, 2.05) is 42.7 Å². The Morgan fingerprint density at radius 2 is 1.62 bits per heavy atom. The molecule has 0 saturated heterocycles. The maximum absolute atomic E-state index is 11.5. The first-order valence-corrected chi connectivity index (χ1v) is 9.34. The highest BCUT2D eigenvalue weighted by Crippen LogP contribution is 2.43. The summed E-state index contributed by atoms with van der Waals surface area (Å²) in [5.41, 5.74) is 3.67. The van der Waals surface area contributed by atoms with Gasteiger partial charge in [-0.1, -0.05) is 24.3 Å². The highest BCUT2D eigenvalue weighted by Gasteiger charge is 2.31. The number of methoxy groups -OCH3 is 2. The molecule has 2 aromatic carbocycles. The van der Waals surface area contributed by atoms with Crippen LogP contribution in [0, 0.1) is 0 Å². The fourth-order valence-corrected chi connectivity index (χ4v) is 3.75. The van der Waals surface area contributed by atoms with Crippen LogP contribution in [0.2, 0.25) is 0 Å². The fourth-order valence-electron chi connectivity index (χ4n) is 3.03. The summed E-state index contributed by atoms with van der Waals surface area (Å²) in [4.78, 5) is 22.5. The van der Waals surface area contributed by atoms with E-state index in [9.17, 15) is 9.59 Å². The molecule has 2 aliphatic heterocycles. The summed E-state index contributed by atoms with van der Waals surface area (Å²) in [6.45, 7) is 0. The Labute approximate surface area is 156 Å². The quantitative estimate of drug-likeness (QED) is 0.865. The van der Waals surface area contributed by atoms with Crippen molar-refractivity contribution >= 4 is 35.0 Å². The molecule has 6 nitrogen and oxygen atoms in total. The smallest absolute Gasteiger partial charge is 0.242 e. The third-order valence-corrected chi connectivity index (χ3v) is 5.17. The summed E-state index contributed by atoms with van der Waals surface area (Å²) in [5, 5.41) is 5.49. The highest BCUT2D eigenvalue weighted by atomic mass is 32.2. The van der Waals surface area contributed by atoms with E-state index in [0.717, 1.165) is 34.0 Å². The average Bonchev–Trinajstić information content (AvgIpc) is 3.19. The second-order valence-corrected chi connectivity index (χ2v) is 6.69. The topological polar surface area (TPSA) is 76.7 Å². The Balaban J connectivity index is 0.000000152. The Hall–Kier alpha value is -2.67. The number of para-hydroxylation sites is 2. The summed E-state index contributed by atoms with van der Waals surface area (Å²) in [7, 11) is 3.20. The molecule has 0 radical (unpaired) electrons. The summed E-state index contributed by atoms with van der Waals surface area (Å²) < 4.78 is 10.3. The molecular weight excluding hydrogens is 352 g/mol. The minimum atomic E-state index is -0.0971.